The summed E-state index contributed by atoms with van der Waals surface area (Å²) in [5.74, 6) is 0.803. The second kappa shape index (κ2) is 6.97. The van der Waals surface area contributed by atoms with Crippen LogP contribution in [0.4, 0.5) is 0 Å². The number of hydrogen-bond donors (Lipinski definition) is 2. The summed E-state index contributed by atoms with van der Waals surface area (Å²) in [6, 6.07) is 9.39. The normalized spacial score (nSPS) is 15.7. The van der Waals surface area contributed by atoms with E-state index in [1.165, 1.54) is 0 Å². The highest BCUT2D eigenvalue weighted by Crippen LogP contribution is 2.35. The first-order valence-electron chi connectivity index (χ1n) is 8.98. The van der Waals surface area contributed by atoms with Crippen molar-refractivity contribution in [2.24, 2.45) is 4.99 Å². The number of fused-ring (bicyclic) bond motifs is 1. The minimum atomic E-state index is -3.72. The van der Waals surface area contributed by atoms with Gasteiger partial charge < -0.3 is 18.9 Å². The molecule has 29 heavy (non-hydrogen) atoms. The van der Waals surface area contributed by atoms with Crippen molar-refractivity contribution in [2.75, 3.05) is 13.4 Å². The van der Waals surface area contributed by atoms with Crippen molar-refractivity contribution in [3.8, 4) is 5.75 Å². The molecule has 150 valence electrons. The van der Waals surface area contributed by atoms with E-state index in [4.69, 9.17) is 8.92 Å². The van der Waals surface area contributed by atoms with Crippen molar-refractivity contribution >= 4 is 32.8 Å². The topological polar surface area (TPSA) is 96.5 Å². The Hall–Kier alpha value is -3.26. The summed E-state index contributed by atoms with van der Waals surface area (Å²) in [5, 5.41) is 0.663. The number of para-hydroxylation sites is 1. The van der Waals surface area contributed by atoms with Crippen molar-refractivity contribution in [1.29, 1.82) is 0 Å². The van der Waals surface area contributed by atoms with Gasteiger partial charge in [-0.3, -0.25) is 0 Å². The lowest BCUT2D eigenvalue weighted by Gasteiger charge is -2.04. The standard InChI is InChI=1S/C21H21N3O4S/c1-12-9-13(2)22-16(12)10-17-19(27-3)11-18(23-17)20-21(28-29(4,25)26)14-7-5-6-8-15(14)24-20/h5-11,22,24H,1-4H3. The van der Waals surface area contributed by atoms with Gasteiger partial charge in [-0.1, -0.05) is 12.1 Å². The van der Waals surface area contributed by atoms with Gasteiger partial charge in [-0.05, 0) is 43.7 Å². The van der Waals surface area contributed by atoms with Crippen molar-refractivity contribution in [1.82, 2.24) is 9.97 Å². The summed E-state index contributed by atoms with van der Waals surface area (Å²) in [5.41, 5.74) is 5.49. The van der Waals surface area contributed by atoms with E-state index in [0.717, 1.165) is 28.7 Å². The van der Waals surface area contributed by atoms with Gasteiger partial charge in [0.15, 0.2) is 5.75 Å². The molecule has 7 nitrogen and oxygen atoms in total. The molecule has 0 atom stereocenters. The lowest BCUT2D eigenvalue weighted by atomic mass is 10.2. The second-order valence-electron chi connectivity index (χ2n) is 6.95. The van der Waals surface area contributed by atoms with E-state index in [1.807, 2.05) is 38.1 Å². The van der Waals surface area contributed by atoms with E-state index in [-0.39, 0.29) is 5.75 Å². The Kier molecular flexibility index (Phi) is 4.58. The molecule has 0 bridgehead atoms. The zero-order valence-electron chi connectivity index (χ0n) is 16.5. The van der Waals surface area contributed by atoms with Crippen LogP contribution in [0.1, 0.15) is 22.6 Å². The number of aromatic nitrogens is 2. The third kappa shape index (κ3) is 3.71. The van der Waals surface area contributed by atoms with Gasteiger partial charge in [0.1, 0.15) is 17.2 Å². The molecule has 1 aromatic carbocycles. The van der Waals surface area contributed by atoms with E-state index in [0.29, 0.717) is 28.2 Å². The van der Waals surface area contributed by atoms with Crippen LogP contribution in [0, 0.1) is 13.8 Å². The molecule has 2 aromatic heterocycles. The van der Waals surface area contributed by atoms with Crippen LogP contribution in [0.2, 0.25) is 0 Å². The Labute approximate surface area is 168 Å². The fourth-order valence-electron chi connectivity index (χ4n) is 3.38. The van der Waals surface area contributed by atoms with Crippen LogP contribution in [0.5, 0.6) is 5.75 Å². The van der Waals surface area contributed by atoms with Crippen LogP contribution in [0.15, 0.2) is 52.9 Å². The van der Waals surface area contributed by atoms with Crippen LogP contribution in [-0.4, -0.2) is 37.5 Å². The van der Waals surface area contributed by atoms with E-state index >= 15 is 0 Å². The molecule has 3 heterocycles. The lowest BCUT2D eigenvalue weighted by molar-refractivity contribution is 0.303. The largest absolute Gasteiger partial charge is 0.494 e. The number of rotatable bonds is 5. The molecule has 0 saturated heterocycles. The van der Waals surface area contributed by atoms with Gasteiger partial charge in [-0.25, -0.2) is 4.99 Å². The molecule has 8 heteroatoms. The number of methoxy groups -OCH3 is 1. The van der Waals surface area contributed by atoms with Gasteiger partial charge in [-0.2, -0.15) is 8.42 Å². The van der Waals surface area contributed by atoms with Crippen LogP contribution in [0.3, 0.4) is 0 Å². The molecule has 0 fully saturated rings. The maximum absolute atomic E-state index is 11.8. The third-order valence-corrected chi connectivity index (χ3v) is 5.07. The van der Waals surface area contributed by atoms with E-state index in [9.17, 15) is 8.42 Å². The van der Waals surface area contributed by atoms with E-state index < -0.39 is 10.1 Å². The van der Waals surface area contributed by atoms with Gasteiger partial charge >= 0.3 is 10.1 Å². The van der Waals surface area contributed by atoms with Crippen LogP contribution < -0.4 is 4.18 Å². The molecule has 2 N–H and O–H groups in total. The Morgan fingerprint density at radius 3 is 2.55 bits per heavy atom. The fraction of sp³-hybridized carbons (Fsp3) is 0.190. The minimum Gasteiger partial charge on any atom is -0.494 e. The molecule has 4 rings (SSSR count). The SMILES string of the molecule is COC1=CC(c2[nH]c3ccccc3c2OS(C)(=O)=O)=NC1=Cc1[nH]c(C)cc1C. The maximum Gasteiger partial charge on any atom is 0.306 e. The van der Waals surface area contributed by atoms with E-state index in [2.05, 4.69) is 21.0 Å². The average molecular weight is 411 g/mol. The highest BCUT2D eigenvalue weighted by atomic mass is 32.2. The molecule has 0 aliphatic carbocycles. The zero-order chi connectivity index (χ0) is 20.8. The molecule has 3 aromatic rings. The number of benzene rings is 1. The van der Waals surface area contributed by atoms with Gasteiger partial charge in [0.2, 0.25) is 0 Å². The number of allylic oxidation sites excluding steroid dienone is 1. The van der Waals surface area contributed by atoms with Crippen molar-refractivity contribution < 1.29 is 17.3 Å². The van der Waals surface area contributed by atoms with Gasteiger partial charge in [-0.15, -0.1) is 0 Å². The summed E-state index contributed by atoms with van der Waals surface area (Å²) >= 11 is 0. The highest BCUT2D eigenvalue weighted by Gasteiger charge is 2.25. The molecule has 0 unspecified atom stereocenters. The first kappa shape index (κ1) is 19.1. The predicted molar refractivity (Wildman–Crippen MR) is 114 cm³/mol. The summed E-state index contributed by atoms with van der Waals surface area (Å²) in [7, 11) is -2.15. The van der Waals surface area contributed by atoms with Crippen LogP contribution in [-0.2, 0) is 14.9 Å². The Morgan fingerprint density at radius 1 is 1.14 bits per heavy atom. The smallest absolute Gasteiger partial charge is 0.306 e. The number of hydrogen-bond acceptors (Lipinski definition) is 5. The number of H-pyrrole nitrogens is 2. The molecule has 0 spiro atoms. The zero-order valence-corrected chi connectivity index (χ0v) is 17.3. The van der Waals surface area contributed by atoms with E-state index in [1.54, 1.807) is 19.3 Å². The number of ether oxygens (including phenoxy) is 1. The Morgan fingerprint density at radius 2 is 1.90 bits per heavy atom. The molecular formula is C21H21N3O4S. The molecule has 0 amide bonds. The van der Waals surface area contributed by atoms with Gasteiger partial charge in [0.25, 0.3) is 0 Å². The average Bonchev–Trinajstić information content (AvgIpc) is 3.30. The molecule has 0 radical (unpaired) electrons. The molecular weight excluding hydrogens is 390 g/mol. The van der Waals surface area contributed by atoms with Crippen LogP contribution >= 0.6 is 0 Å². The minimum absolute atomic E-state index is 0.224. The number of aromatic amines is 2. The second-order valence-corrected chi connectivity index (χ2v) is 8.53. The number of aryl methyl sites for hydroxylation is 2. The first-order valence-corrected chi connectivity index (χ1v) is 10.8. The maximum atomic E-state index is 11.8. The summed E-state index contributed by atoms with van der Waals surface area (Å²) in [6.45, 7) is 4.01. The summed E-state index contributed by atoms with van der Waals surface area (Å²) < 4.78 is 34.5. The quantitative estimate of drug-likeness (QED) is 0.624. The van der Waals surface area contributed by atoms with Gasteiger partial charge in [0.05, 0.1) is 19.1 Å². The summed E-state index contributed by atoms with van der Waals surface area (Å²) in [6.07, 6.45) is 4.69. The fourth-order valence-corrected chi connectivity index (χ4v) is 3.86. The first-order chi connectivity index (χ1) is 13.7. The van der Waals surface area contributed by atoms with Crippen LogP contribution in [0.25, 0.3) is 17.0 Å². The number of nitrogens with one attached hydrogen (secondary N) is 2. The number of aliphatic imine (C=N–C) groups is 1. The third-order valence-electron chi connectivity index (χ3n) is 4.60. The summed E-state index contributed by atoms with van der Waals surface area (Å²) in [4.78, 5) is 11.2. The van der Waals surface area contributed by atoms with Crippen molar-refractivity contribution in [3.05, 3.63) is 70.5 Å². The molecule has 1 aliphatic rings. The highest BCUT2D eigenvalue weighted by molar-refractivity contribution is 7.86. The van der Waals surface area contributed by atoms with Gasteiger partial charge in [0, 0.05) is 28.4 Å². The Bertz CT molecular complexity index is 1310. The van der Waals surface area contributed by atoms with Crippen molar-refractivity contribution in [3.63, 3.8) is 0 Å². The predicted octanol–water partition coefficient (Wildman–Crippen LogP) is 3.83. The molecule has 0 saturated carbocycles. The molecule has 1 aliphatic heterocycles. The Balaban J connectivity index is 1.86. The number of nitrogens with zero attached hydrogens (tertiary/aromatic N) is 1. The van der Waals surface area contributed by atoms with Crippen molar-refractivity contribution in [2.45, 2.75) is 13.8 Å². The lowest BCUT2D eigenvalue weighted by Crippen LogP contribution is -2.08. The monoisotopic (exact) mass is 411 g/mol.